The molecule has 0 amide bonds. The highest BCUT2D eigenvalue weighted by atomic mass is 16.5. The molecule has 0 bridgehead atoms. The van der Waals surface area contributed by atoms with E-state index in [4.69, 9.17) is 4.74 Å². The SMILES string of the molecule is COc1cccc(C2Nc3cnc4ccccc4[n+]3C2=O)c1. The zero-order valence-corrected chi connectivity index (χ0v) is 12.0. The lowest BCUT2D eigenvalue weighted by Crippen LogP contribution is -2.41. The van der Waals surface area contributed by atoms with Crippen molar-refractivity contribution in [1.29, 1.82) is 0 Å². The number of hydrogen-bond donors (Lipinski definition) is 1. The summed E-state index contributed by atoms with van der Waals surface area (Å²) in [7, 11) is 1.62. The van der Waals surface area contributed by atoms with Crippen molar-refractivity contribution in [2.75, 3.05) is 12.4 Å². The molecule has 0 saturated carbocycles. The Morgan fingerprint density at radius 2 is 2.05 bits per heavy atom. The number of nitrogens with zero attached hydrogens (tertiary/aromatic N) is 2. The number of hydrogen-bond acceptors (Lipinski definition) is 4. The van der Waals surface area contributed by atoms with E-state index in [1.165, 1.54) is 0 Å². The van der Waals surface area contributed by atoms with Gasteiger partial charge in [-0.05, 0) is 24.3 Å². The first kappa shape index (κ1) is 12.8. The Balaban J connectivity index is 1.83. The van der Waals surface area contributed by atoms with Crippen molar-refractivity contribution in [1.82, 2.24) is 4.98 Å². The van der Waals surface area contributed by atoms with Crippen molar-refractivity contribution in [3.05, 3.63) is 60.3 Å². The van der Waals surface area contributed by atoms with Crippen LogP contribution < -0.4 is 14.6 Å². The fourth-order valence-corrected chi connectivity index (χ4v) is 2.81. The molecule has 4 rings (SSSR count). The lowest BCUT2D eigenvalue weighted by molar-refractivity contribution is -0.524. The predicted molar refractivity (Wildman–Crippen MR) is 81.9 cm³/mol. The second kappa shape index (κ2) is 4.80. The lowest BCUT2D eigenvalue weighted by atomic mass is 10.1. The van der Waals surface area contributed by atoms with Gasteiger partial charge in [-0.3, -0.25) is 5.32 Å². The zero-order valence-electron chi connectivity index (χ0n) is 12.0. The van der Waals surface area contributed by atoms with Gasteiger partial charge in [0.2, 0.25) is 6.04 Å². The van der Waals surface area contributed by atoms with Crippen LogP contribution >= 0.6 is 0 Å². The van der Waals surface area contributed by atoms with Gasteiger partial charge in [-0.25, -0.2) is 9.78 Å². The third kappa shape index (κ3) is 1.83. The summed E-state index contributed by atoms with van der Waals surface area (Å²) in [6, 6.07) is 14.7. The Labute approximate surface area is 127 Å². The van der Waals surface area contributed by atoms with Gasteiger partial charge in [-0.2, -0.15) is 4.57 Å². The van der Waals surface area contributed by atoms with E-state index in [1.807, 2.05) is 48.5 Å². The van der Waals surface area contributed by atoms with Crippen LogP contribution in [0.15, 0.2) is 54.7 Å². The quantitative estimate of drug-likeness (QED) is 0.737. The zero-order chi connectivity index (χ0) is 15.1. The average molecular weight is 292 g/mol. The molecule has 3 aromatic rings. The molecule has 0 radical (unpaired) electrons. The molecule has 1 atom stereocenters. The number of aromatic nitrogens is 2. The summed E-state index contributed by atoms with van der Waals surface area (Å²) < 4.78 is 6.93. The number of methoxy groups -OCH3 is 1. The highest BCUT2D eigenvalue weighted by molar-refractivity contribution is 5.87. The van der Waals surface area contributed by atoms with E-state index in [9.17, 15) is 4.79 Å². The van der Waals surface area contributed by atoms with Crippen LogP contribution in [0, 0.1) is 0 Å². The monoisotopic (exact) mass is 292 g/mol. The Kier molecular flexibility index (Phi) is 2.79. The van der Waals surface area contributed by atoms with Crippen LogP contribution in [0.4, 0.5) is 5.82 Å². The van der Waals surface area contributed by atoms with Gasteiger partial charge in [0.25, 0.3) is 0 Å². The third-order valence-corrected chi connectivity index (χ3v) is 3.88. The van der Waals surface area contributed by atoms with Crippen LogP contribution in [0.2, 0.25) is 0 Å². The molecule has 2 aromatic carbocycles. The smallest absolute Gasteiger partial charge is 0.364 e. The number of carbonyl (C=O) groups excluding carboxylic acids is 1. The molecule has 22 heavy (non-hydrogen) atoms. The highest BCUT2D eigenvalue weighted by Crippen LogP contribution is 2.27. The van der Waals surface area contributed by atoms with E-state index in [0.29, 0.717) is 5.82 Å². The van der Waals surface area contributed by atoms with Crippen molar-refractivity contribution < 1.29 is 14.1 Å². The van der Waals surface area contributed by atoms with Gasteiger partial charge in [-0.1, -0.05) is 24.3 Å². The number of fused-ring (bicyclic) bond motifs is 3. The molecule has 2 heterocycles. The molecular weight excluding hydrogens is 278 g/mol. The molecule has 0 spiro atoms. The van der Waals surface area contributed by atoms with Gasteiger partial charge in [0.1, 0.15) is 17.5 Å². The highest BCUT2D eigenvalue weighted by Gasteiger charge is 2.41. The maximum absolute atomic E-state index is 12.8. The molecule has 1 N–H and O–H groups in total. The first-order valence-electron chi connectivity index (χ1n) is 7.02. The number of anilines is 1. The van der Waals surface area contributed by atoms with E-state index in [2.05, 4.69) is 10.3 Å². The predicted octanol–water partition coefficient (Wildman–Crippen LogP) is 2.34. The van der Waals surface area contributed by atoms with Gasteiger partial charge >= 0.3 is 11.7 Å². The minimum absolute atomic E-state index is 0.0122. The summed E-state index contributed by atoms with van der Waals surface area (Å²) >= 11 is 0. The Bertz CT molecular complexity index is 892. The second-order valence-corrected chi connectivity index (χ2v) is 5.16. The van der Waals surface area contributed by atoms with Crippen LogP contribution in [-0.2, 0) is 0 Å². The molecule has 5 heteroatoms. The second-order valence-electron chi connectivity index (χ2n) is 5.16. The van der Waals surface area contributed by atoms with E-state index >= 15 is 0 Å². The van der Waals surface area contributed by atoms with Crippen LogP contribution in [0.3, 0.4) is 0 Å². The van der Waals surface area contributed by atoms with Crippen LogP contribution in [0.25, 0.3) is 11.0 Å². The summed E-state index contributed by atoms with van der Waals surface area (Å²) in [5, 5.41) is 3.24. The average Bonchev–Trinajstić information content (AvgIpc) is 2.92. The van der Waals surface area contributed by atoms with E-state index < -0.39 is 6.04 Å². The van der Waals surface area contributed by atoms with Gasteiger partial charge in [0, 0.05) is 5.56 Å². The van der Waals surface area contributed by atoms with Crippen molar-refractivity contribution in [3.8, 4) is 5.75 Å². The van der Waals surface area contributed by atoms with Crippen molar-refractivity contribution >= 4 is 22.8 Å². The first-order valence-corrected chi connectivity index (χ1v) is 7.02. The number of ether oxygens (including phenoxy) is 1. The molecular formula is C17H14N3O2+. The summed E-state index contributed by atoms with van der Waals surface area (Å²) in [5.41, 5.74) is 2.48. The minimum Gasteiger partial charge on any atom is -0.497 e. The number of benzene rings is 2. The van der Waals surface area contributed by atoms with Gasteiger partial charge in [-0.15, -0.1) is 0 Å². The molecule has 108 valence electrons. The van der Waals surface area contributed by atoms with Crippen LogP contribution in [0.5, 0.6) is 5.75 Å². The van der Waals surface area contributed by atoms with E-state index in [0.717, 1.165) is 22.3 Å². The van der Waals surface area contributed by atoms with Gasteiger partial charge < -0.3 is 4.74 Å². The third-order valence-electron chi connectivity index (χ3n) is 3.88. The summed E-state index contributed by atoms with van der Waals surface area (Å²) in [6.45, 7) is 0. The Hall–Kier alpha value is -2.95. The largest absolute Gasteiger partial charge is 0.497 e. The Morgan fingerprint density at radius 3 is 2.91 bits per heavy atom. The summed E-state index contributed by atoms with van der Waals surface area (Å²) in [5.74, 6) is 1.43. The lowest BCUT2D eigenvalue weighted by Gasteiger charge is -2.05. The number of carbonyl (C=O) groups is 1. The number of nitrogens with one attached hydrogen (secondary N) is 1. The fourth-order valence-electron chi connectivity index (χ4n) is 2.81. The summed E-state index contributed by atoms with van der Waals surface area (Å²) in [4.78, 5) is 17.2. The Morgan fingerprint density at radius 1 is 1.18 bits per heavy atom. The van der Waals surface area contributed by atoms with E-state index in [-0.39, 0.29) is 5.91 Å². The van der Waals surface area contributed by atoms with Crippen LogP contribution in [0.1, 0.15) is 16.4 Å². The van der Waals surface area contributed by atoms with E-state index in [1.54, 1.807) is 17.9 Å². The molecule has 1 unspecified atom stereocenters. The molecule has 1 aliphatic heterocycles. The standard InChI is InChI=1S/C17H13N3O2/c1-22-12-6-4-5-11(9-12)16-17(21)20-14-8-3-2-7-13(14)18-10-15(20)19-16/h2-10,16H,1H3/p+1. The number of para-hydroxylation sites is 2. The molecule has 0 aliphatic carbocycles. The minimum atomic E-state index is -0.428. The van der Waals surface area contributed by atoms with Crippen LogP contribution in [-0.4, -0.2) is 18.0 Å². The summed E-state index contributed by atoms with van der Waals surface area (Å²) in [6.07, 6.45) is 1.69. The first-order chi connectivity index (χ1) is 10.8. The maximum Gasteiger partial charge on any atom is 0.364 e. The molecule has 1 aromatic heterocycles. The van der Waals surface area contributed by atoms with Crippen molar-refractivity contribution in [3.63, 3.8) is 0 Å². The topological polar surface area (TPSA) is 55.1 Å². The van der Waals surface area contributed by atoms with Crippen molar-refractivity contribution in [2.45, 2.75) is 6.04 Å². The van der Waals surface area contributed by atoms with Gasteiger partial charge in [0.05, 0.1) is 7.11 Å². The van der Waals surface area contributed by atoms with Crippen molar-refractivity contribution in [2.24, 2.45) is 0 Å². The molecule has 0 fully saturated rings. The molecule has 0 saturated heterocycles. The fraction of sp³-hybridized carbons (Fsp3) is 0.118. The molecule has 5 nitrogen and oxygen atoms in total. The number of rotatable bonds is 2. The maximum atomic E-state index is 12.8. The molecule has 1 aliphatic rings. The normalized spacial score (nSPS) is 16.4. The van der Waals surface area contributed by atoms with Gasteiger partial charge in [0.15, 0.2) is 5.52 Å².